The Hall–Kier alpha value is -2.97. The molecule has 1 aliphatic rings. The Morgan fingerprint density at radius 1 is 0.971 bits per heavy atom. The average molecular weight is 484 g/mol. The molecule has 2 atom stereocenters. The van der Waals surface area contributed by atoms with Crippen LogP contribution in [0.1, 0.15) is 20.3 Å². The van der Waals surface area contributed by atoms with Gasteiger partial charge < -0.3 is 9.80 Å². The van der Waals surface area contributed by atoms with Gasteiger partial charge >= 0.3 is 0 Å². The number of para-hydroxylation sites is 1. The van der Waals surface area contributed by atoms with Crippen molar-refractivity contribution >= 4 is 32.4 Å². The van der Waals surface area contributed by atoms with E-state index in [1.165, 1.54) is 6.07 Å². The summed E-state index contributed by atoms with van der Waals surface area (Å²) >= 11 is 0. The summed E-state index contributed by atoms with van der Waals surface area (Å²) in [6.45, 7) is 5.58. The number of halogens is 1. The topological polar surface area (TPSA) is 69.7 Å². The molecule has 2 unspecified atom stereocenters. The lowest BCUT2D eigenvalue weighted by atomic mass is 9.98. The molecule has 180 valence electrons. The number of hydrogen-bond acceptors (Lipinski definition) is 4. The van der Waals surface area contributed by atoms with Crippen LogP contribution < -0.4 is 9.62 Å². The quantitative estimate of drug-likeness (QED) is 0.551. The van der Waals surface area contributed by atoms with E-state index in [-0.39, 0.29) is 22.5 Å². The third-order valence-corrected chi connectivity index (χ3v) is 8.08. The van der Waals surface area contributed by atoms with Crippen molar-refractivity contribution in [2.24, 2.45) is 5.92 Å². The number of benzene rings is 3. The summed E-state index contributed by atoms with van der Waals surface area (Å²) < 4.78 is 43.7. The number of carbonyl (C=O) groups is 1. The number of hydrogen-bond donors (Lipinski definition) is 1. The Kier molecular flexibility index (Phi) is 7.19. The van der Waals surface area contributed by atoms with Gasteiger partial charge in [0.05, 0.1) is 10.6 Å². The number of piperazine rings is 1. The number of carbonyl (C=O) groups excluding carboxylic acids is 1. The molecule has 8 heteroatoms. The molecular formula is C26H30FN3O3S. The summed E-state index contributed by atoms with van der Waals surface area (Å²) in [4.78, 5) is 17.2. The summed E-state index contributed by atoms with van der Waals surface area (Å²) in [5, 5.41) is 1.44. The second-order valence-corrected chi connectivity index (χ2v) is 10.4. The highest BCUT2D eigenvalue weighted by atomic mass is 32.2. The van der Waals surface area contributed by atoms with Crippen LogP contribution in [0.4, 0.5) is 10.1 Å². The molecule has 1 N–H and O–H groups in total. The van der Waals surface area contributed by atoms with Crippen molar-refractivity contribution in [2.75, 3.05) is 31.1 Å². The molecule has 3 aromatic rings. The Labute approximate surface area is 200 Å². The second-order valence-electron chi connectivity index (χ2n) is 8.73. The van der Waals surface area contributed by atoms with Crippen LogP contribution in [0.2, 0.25) is 0 Å². The molecule has 0 spiro atoms. The molecule has 0 bridgehead atoms. The molecule has 0 aliphatic carbocycles. The molecule has 6 nitrogen and oxygen atoms in total. The molecule has 4 rings (SSSR count). The molecule has 0 radical (unpaired) electrons. The SMILES string of the molecule is CCC(C)C(NS(=O)(=O)c1cccc2ccccc12)C(=O)N1CCN(c2ccccc2F)CC1. The number of nitrogens with zero attached hydrogens (tertiary/aromatic N) is 2. The third kappa shape index (κ3) is 4.93. The van der Waals surface area contributed by atoms with E-state index < -0.39 is 16.1 Å². The fourth-order valence-corrected chi connectivity index (χ4v) is 5.91. The molecule has 0 saturated carbocycles. The molecule has 1 amide bonds. The molecule has 34 heavy (non-hydrogen) atoms. The minimum atomic E-state index is -3.94. The maximum Gasteiger partial charge on any atom is 0.241 e. The third-order valence-electron chi connectivity index (χ3n) is 6.58. The number of amides is 1. The monoisotopic (exact) mass is 483 g/mol. The van der Waals surface area contributed by atoms with Crippen molar-refractivity contribution in [1.82, 2.24) is 9.62 Å². The van der Waals surface area contributed by atoms with Gasteiger partial charge in [-0.05, 0) is 29.5 Å². The van der Waals surface area contributed by atoms with Crippen LogP contribution in [0.25, 0.3) is 10.8 Å². The van der Waals surface area contributed by atoms with Crippen molar-refractivity contribution < 1.29 is 17.6 Å². The number of sulfonamides is 1. The van der Waals surface area contributed by atoms with E-state index in [1.807, 2.05) is 36.9 Å². The van der Waals surface area contributed by atoms with Crippen LogP contribution in [0.3, 0.4) is 0 Å². The zero-order valence-corrected chi connectivity index (χ0v) is 20.3. The minimum Gasteiger partial charge on any atom is -0.366 e. The van der Waals surface area contributed by atoms with Crippen LogP contribution in [-0.4, -0.2) is 51.4 Å². The van der Waals surface area contributed by atoms with E-state index in [4.69, 9.17) is 0 Å². The molecule has 1 fully saturated rings. The number of fused-ring (bicyclic) bond motifs is 1. The lowest BCUT2D eigenvalue weighted by molar-refractivity contribution is -0.134. The second kappa shape index (κ2) is 10.1. The highest BCUT2D eigenvalue weighted by molar-refractivity contribution is 7.89. The fourth-order valence-electron chi connectivity index (χ4n) is 4.38. The highest BCUT2D eigenvalue weighted by Gasteiger charge is 2.34. The van der Waals surface area contributed by atoms with E-state index in [0.717, 1.165) is 5.39 Å². The summed E-state index contributed by atoms with van der Waals surface area (Å²) in [7, 11) is -3.94. The standard InChI is InChI=1S/C26H30FN3O3S/c1-3-19(2)25(28-34(32,33)24-14-8-10-20-9-4-5-11-21(20)24)26(31)30-17-15-29(16-18-30)23-13-7-6-12-22(23)27/h4-14,19,25,28H,3,15-18H2,1-2H3. The van der Waals surface area contributed by atoms with Crippen molar-refractivity contribution in [1.29, 1.82) is 0 Å². The Morgan fingerprint density at radius 3 is 2.32 bits per heavy atom. The lowest BCUT2D eigenvalue weighted by Crippen LogP contribution is -2.56. The molecule has 1 heterocycles. The van der Waals surface area contributed by atoms with Crippen molar-refractivity contribution in [3.05, 3.63) is 72.5 Å². The van der Waals surface area contributed by atoms with Gasteiger partial charge in [-0.15, -0.1) is 0 Å². The van der Waals surface area contributed by atoms with Gasteiger partial charge in [0.25, 0.3) is 0 Å². The fraction of sp³-hybridized carbons (Fsp3) is 0.346. The van der Waals surface area contributed by atoms with Crippen LogP contribution in [0, 0.1) is 11.7 Å². The Bertz CT molecular complexity index is 1270. The first kappa shape index (κ1) is 24.2. The lowest BCUT2D eigenvalue weighted by Gasteiger charge is -2.38. The molecular weight excluding hydrogens is 453 g/mol. The van der Waals surface area contributed by atoms with Crippen molar-refractivity contribution in [2.45, 2.75) is 31.2 Å². The van der Waals surface area contributed by atoms with Crippen LogP contribution in [-0.2, 0) is 14.8 Å². The Balaban J connectivity index is 1.53. The van der Waals surface area contributed by atoms with E-state index >= 15 is 0 Å². The molecule has 1 aliphatic heterocycles. The molecule has 0 aromatic heterocycles. The average Bonchev–Trinajstić information content (AvgIpc) is 2.86. The predicted molar refractivity (Wildman–Crippen MR) is 133 cm³/mol. The van der Waals surface area contributed by atoms with Crippen molar-refractivity contribution in [3.63, 3.8) is 0 Å². The largest absolute Gasteiger partial charge is 0.366 e. The van der Waals surface area contributed by atoms with Crippen LogP contribution >= 0.6 is 0 Å². The van der Waals surface area contributed by atoms with E-state index in [2.05, 4.69) is 4.72 Å². The van der Waals surface area contributed by atoms with E-state index in [1.54, 1.807) is 47.4 Å². The van der Waals surface area contributed by atoms with Crippen LogP contribution in [0.5, 0.6) is 0 Å². The zero-order chi connectivity index (χ0) is 24.3. The predicted octanol–water partition coefficient (Wildman–Crippen LogP) is 4.02. The highest BCUT2D eigenvalue weighted by Crippen LogP contribution is 2.25. The number of nitrogens with one attached hydrogen (secondary N) is 1. The van der Waals surface area contributed by atoms with Gasteiger partial charge in [0.15, 0.2) is 0 Å². The number of rotatable bonds is 7. The van der Waals surface area contributed by atoms with Gasteiger partial charge in [0.1, 0.15) is 11.9 Å². The summed E-state index contributed by atoms with van der Waals surface area (Å²) in [5.74, 6) is -0.726. The van der Waals surface area contributed by atoms with Gasteiger partial charge in [-0.1, -0.05) is 68.8 Å². The van der Waals surface area contributed by atoms with Crippen LogP contribution in [0.15, 0.2) is 71.6 Å². The first-order valence-corrected chi connectivity index (χ1v) is 13.1. The molecule has 1 saturated heterocycles. The van der Waals surface area contributed by atoms with E-state index in [9.17, 15) is 17.6 Å². The summed E-state index contributed by atoms with van der Waals surface area (Å²) in [5.41, 5.74) is 0.518. The first-order valence-electron chi connectivity index (χ1n) is 11.6. The van der Waals surface area contributed by atoms with Crippen molar-refractivity contribution in [3.8, 4) is 0 Å². The van der Waals surface area contributed by atoms with Gasteiger partial charge in [-0.3, -0.25) is 4.79 Å². The Morgan fingerprint density at radius 2 is 1.62 bits per heavy atom. The van der Waals surface area contributed by atoms with Gasteiger partial charge in [0, 0.05) is 31.6 Å². The maximum absolute atomic E-state index is 14.2. The number of anilines is 1. The van der Waals surface area contributed by atoms with Gasteiger partial charge in [-0.25, -0.2) is 12.8 Å². The van der Waals surface area contributed by atoms with Gasteiger partial charge in [-0.2, -0.15) is 4.72 Å². The molecule has 3 aromatic carbocycles. The zero-order valence-electron chi connectivity index (χ0n) is 19.4. The minimum absolute atomic E-state index is 0.163. The van der Waals surface area contributed by atoms with E-state index in [0.29, 0.717) is 43.7 Å². The normalized spacial score (nSPS) is 16.4. The first-order chi connectivity index (χ1) is 16.3. The maximum atomic E-state index is 14.2. The summed E-state index contributed by atoms with van der Waals surface area (Å²) in [6.07, 6.45) is 0.643. The van der Waals surface area contributed by atoms with Gasteiger partial charge in [0.2, 0.25) is 15.9 Å². The smallest absolute Gasteiger partial charge is 0.241 e. The summed E-state index contributed by atoms with van der Waals surface area (Å²) in [6, 6.07) is 18.1.